The van der Waals surface area contributed by atoms with Crippen molar-refractivity contribution < 1.29 is 32.3 Å². The van der Waals surface area contributed by atoms with E-state index in [1.807, 2.05) is 5.48 Å². The van der Waals surface area contributed by atoms with E-state index in [9.17, 15) is 18.0 Å². The Balaban J connectivity index is 1.77. The SMILES string of the molecule is O=C(NOCCC(F)(F)F)[C@H]1COc2ccccc2O1. The fourth-order valence-electron chi connectivity index (χ4n) is 1.50. The van der Waals surface area contributed by atoms with Crippen molar-refractivity contribution in [2.24, 2.45) is 0 Å². The topological polar surface area (TPSA) is 56.8 Å². The number of halogens is 3. The van der Waals surface area contributed by atoms with Gasteiger partial charge in [0.05, 0.1) is 13.0 Å². The molecule has 0 bridgehead atoms. The third-order valence-electron chi connectivity index (χ3n) is 2.46. The number of hydrogen-bond acceptors (Lipinski definition) is 4. The fourth-order valence-corrected chi connectivity index (χ4v) is 1.50. The number of alkyl halides is 3. The van der Waals surface area contributed by atoms with Gasteiger partial charge in [-0.2, -0.15) is 13.2 Å². The molecule has 0 unspecified atom stereocenters. The number of para-hydroxylation sites is 2. The highest BCUT2D eigenvalue weighted by atomic mass is 19.4. The molecule has 0 saturated heterocycles. The number of carbonyl (C=O) groups is 1. The lowest BCUT2D eigenvalue weighted by Gasteiger charge is -2.25. The van der Waals surface area contributed by atoms with E-state index in [1.54, 1.807) is 24.3 Å². The van der Waals surface area contributed by atoms with Crippen LogP contribution in [0, 0.1) is 0 Å². The third-order valence-corrected chi connectivity index (χ3v) is 2.46. The van der Waals surface area contributed by atoms with Crippen molar-refractivity contribution >= 4 is 5.91 Å². The molecule has 0 spiro atoms. The lowest BCUT2D eigenvalue weighted by molar-refractivity contribution is -0.161. The van der Waals surface area contributed by atoms with Crippen LogP contribution in [-0.4, -0.2) is 31.4 Å². The average Bonchev–Trinajstić information content (AvgIpc) is 2.42. The van der Waals surface area contributed by atoms with Gasteiger partial charge in [0.15, 0.2) is 11.5 Å². The molecular weight excluding hydrogens is 279 g/mol. The Morgan fingerprint density at radius 3 is 2.75 bits per heavy atom. The lowest BCUT2D eigenvalue weighted by atomic mass is 10.2. The summed E-state index contributed by atoms with van der Waals surface area (Å²) in [6, 6.07) is 6.77. The second kappa shape index (κ2) is 6.00. The second-order valence-electron chi connectivity index (χ2n) is 4.04. The molecular formula is C12H12F3NO4. The van der Waals surface area contributed by atoms with Crippen molar-refractivity contribution in [2.75, 3.05) is 13.2 Å². The molecule has 1 aromatic rings. The highest BCUT2D eigenvalue weighted by molar-refractivity contribution is 5.80. The molecule has 1 amide bonds. The van der Waals surface area contributed by atoms with Crippen LogP contribution in [0.4, 0.5) is 13.2 Å². The maximum absolute atomic E-state index is 11.9. The molecule has 8 heteroatoms. The van der Waals surface area contributed by atoms with E-state index in [0.29, 0.717) is 11.5 Å². The van der Waals surface area contributed by atoms with Gasteiger partial charge in [0.1, 0.15) is 6.61 Å². The first-order chi connectivity index (χ1) is 9.46. The molecule has 1 heterocycles. The number of carbonyl (C=O) groups excluding carboxylic acids is 1. The van der Waals surface area contributed by atoms with Crippen LogP contribution in [0.3, 0.4) is 0 Å². The third kappa shape index (κ3) is 4.02. The van der Waals surface area contributed by atoms with Crippen LogP contribution < -0.4 is 15.0 Å². The normalized spacial score (nSPS) is 17.6. The molecule has 110 valence electrons. The smallest absolute Gasteiger partial charge is 0.391 e. The van der Waals surface area contributed by atoms with E-state index in [2.05, 4.69) is 4.84 Å². The zero-order chi connectivity index (χ0) is 14.6. The maximum atomic E-state index is 11.9. The molecule has 0 aliphatic carbocycles. The summed E-state index contributed by atoms with van der Waals surface area (Å²) >= 11 is 0. The summed E-state index contributed by atoms with van der Waals surface area (Å²) in [4.78, 5) is 16.1. The van der Waals surface area contributed by atoms with Gasteiger partial charge in [-0.25, -0.2) is 5.48 Å². The van der Waals surface area contributed by atoms with Crippen molar-refractivity contribution in [2.45, 2.75) is 18.7 Å². The molecule has 1 N–H and O–H groups in total. The largest absolute Gasteiger partial charge is 0.485 e. The minimum Gasteiger partial charge on any atom is -0.485 e. The van der Waals surface area contributed by atoms with Gasteiger partial charge in [0.2, 0.25) is 6.10 Å². The maximum Gasteiger partial charge on any atom is 0.391 e. The molecule has 0 radical (unpaired) electrons. The van der Waals surface area contributed by atoms with Crippen LogP contribution in [-0.2, 0) is 9.63 Å². The minimum absolute atomic E-state index is 0.0362. The van der Waals surface area contributed by atoms with E-state index < -0.39 is 31.2 Å². The van der Waals surface area contributed by atoms with Crippen molar-refractivity contribution in [3.05, 3.63) is 24.3 Å². The van der Waals surface area contributed by atoms with Crippen LogP contribution in [0.2, 0.25) is 0 Å². The predicted molar refractivity (Wildman–Crippen MR) is 61.1 cm³/mol. The van der Waals surface area contributed by atoms with Crippen LogP contribution in [0.1, 0.15) is 6.42 Å². The standard InChI is InChI=1S/C12H12F3NO4/c13-12(14,15)5-6-19-16-11(17)10-7-18-8-3-1-2-4-9(8)20-10/h1-4,10H,5-7H2,(H,16,17)/t10-/m1/s1. The first-order valence-corrected chi connectivity index (χ1v) is 5.82. The summed E-state index contributed by atoms with van der Waals surface area (Å²) < 4.78 is 46.2. The van der Waals surface area contributed by atoms with Gasteiger partial charge in [0.25, 0.3) is 5.91 Å². The molecule has 0 aromatic heterocycles. The summed E-state index contributed by atoms with van der Waals surface area (Å²) in [6.45, 7) is -0.690. The van der Waals surface area contributed by atoms with E-state index in [4.69, 9.17) is 9.47 Å². The van der Waals surface area contributed by atoms with Gasteiger partial charge >= 0.3 is 6.18 Å². The summed E-state index contributed by atoms with van der Waals surface area (Å²) in [6.07, 6.45) is -6.43. The zero-order valence-electron chi connectivity index (χ0n) is 10.3. The number of fused-ring (bicyclic) bond motifs is 1. The molecule has 5 nitrogen and oxygen atoms in total. The lowest BCUT2D eigenvalue weighted by Crippen LogP contribution is -2.44. The summed E-state index contributed by atoms with van der Waals surface area (Å²) in [5, 5.41) is 0. The van der Waals surface area contributed by atoms with Gasteiger partial charge in [-0.3, -0.25) is 9.63 Å². The van der Waals surface area contributed by atoms with Crippen molar-refractivity contribution in [1.29, 1.82) is 0 Å². The highest BCUT2D eigenvalue weighted by Gasteiger charge is 2.29. The quantitative estimate of drug-likeness (QED) is 0.679. The summed E-state index contributed by atoms with van der Waals surface area (Å²) in [5.74, 6) is 0.213. The van der Waals surface area contributed by atoms with Crippen molar-refractivity contribution in [1.82, 2.24) is 5.48 Å². The van der Waals surface area contributed by atoms with Crippen LogP contribution in [0.15, 0.2) is 24.3 Å². The number of hydrogen-bond donors (Lipinski definition) is 1. The van der Waals surface area contributed by atoms with Crippen molar-refractivity contribution in [3.63, 3.8) is 0 Å². The first kappa shape index (κ1) is 14.4. The number of nitrogens with one attached hydrogen (secondary N) is 1. The van der Waals surface area contributed by atoms with E-state index in [0.717, 1.165) is 0 Å². The van der Waals surface area contributed by atoms with E-state index >= 15 is 0 Å². The number of hydroxylamine groups is 1. The molecule has 1 aliphatic heterocycles. The molecule has 1 atom stereocenters. The molecule has 0 fully saturated rings. The Morgan fingerprint density at radius 1 is 1.35 bits per heavy atom. The minimum atomic E-state index is -4.33. The first-order valence-electron chi connectivity index (χ1n) is 5.82. The Kier molecular flexibility index (Phi) is 4.33. The van der Waals surface area contributed by atoms with Crippen LogP contribution in [0.5, 0.6) is 11.5 Å². The second-order valence-corrected chi connectivity index (χ2v) is 4.04. The summed E-state index contributed by atoms with van der Waals surface area (Å²) in [7, 11) is 0. The molecule has 1 aliphatic rings. The number of amides is 1. The fraction of sp³-hybridized carbons (Fsp3) is 0.417. The van der Waals surface area contributed by atoms with Crippen LogP contribution in [0.25, 0.3) is 0 Å². The van der Waals surface area contributed by atoms with E-state index in [-0.39, 0.29) is 6.61 Å². The summed E-state index contributed by atoms with van der Waals surface area (Å²) in [5.41, 5.74) is 1.91. The van der Waals surface area contributed by atoms with Gasteiger partial charge in [0, 0.05) is 0 Å². The Morgan fingerprint density at radius 2 is 2.05 bits per heavy atom. The van der Waals surface area contributed by atoms with E-state index in [1.165, 1.54) is 0 Å². The Bertz CT molecular complexity index is 478. The average molecular weight is 291 g/mol. The number of benzene rings is 1. The highest BCUT2D eigenvalue weighted by Crippen LogP contribution is 2.30. The Labute approximate surface area is 112 Å². The van der Waals surface area contributed by atoms with Gasteiger partial charge in [-0.05, 0) is 12.1 Å². The van der Waals surface area contributed by atoms with Crippen molar-refractivity contribution in [3.8, 4) is 11.5 Å². The van der Waals surface area contributed by atoms with Gasteiger partial charge in [-0.15, -0.1) is 0 Å². The van der Waals surface area contributed by atoms with Gasteiger partial charge < -0.3 is 9.47 Å². The zero-order valence-corrected chi connectivity index (χ0v) is 10.3. The van der Waals surface area contributed by atoms with Gasteiger partial charge in [-0.1, -0.05) is 12.1 Å². The molecule has 0 saturated carbocycles. The molecule has 2 rings (SSSR count). The molecule has 20 heavy (non-hydrogen) atoms. The monoisotopic (exact) mass is 291 g/mol. The number of ether oxygens (including phenoxy) is 2. The predicted octanol–water partition coefficient (Wildman–Crippen LogP) is 1.83. The number of rotatable bonds is 4. The van der Waals surface area contributed by atoms with Crippen LogP contribution >= 0.6 is 0 Å². The molecule has 1 aromatic carbocycles. The Hall–Kier alpha value is -1.96.